The standard InChI is InChI=1S/C35H20N6S/c1-37-27-18-14-25(15-19-27)34-38-33(24-12-10-23(22-36)11-13-24)39-35(40-34)26-16-20-28(21-17-26)41-29-6-2-4-8-31(29)42-32-9-5-3-7-30(32)41/h2-21H. The SMILES string of the molecule is [C-]#[N+]c1ccc(-c2nc(-c3ccc(C#N)cc3)nc(-c3ccc(N4c5ccccc5Sc5ccccc54)cc3)n2)cc1. The molecule has 0 aliphatic carbocycles. The van der Waals surface area contributed by atoms with Crippen LogP contribution in [0.2, 0.25) is 0 Å². The molecule has 42 heavy (non-hydrogen) atoms. The normalized spacial score (nSPS) is 11.6. The number of aromatic nitrogens is 3. The molecule has 7 heteroatoms. The molecule has 0 radical (unpaired) electrons. The first-order valence-electron chi connectivity index (χ1n) is 13.2. The molecule has 7 rings (SSSR count). The summed E-state index contributed by atoms with van der Waals surface area (Å²) in [6.45, 7) is 7.27. The summed E-state index contributed by atoms with van der Waals surface area (Å²) < 4.78 is 0. The van der Waals surface area contributed by atoms with Gasteiger partial charge in [0.1, 0.15) is 0 Å². The van der Waals surface area contributed by atoms with Crippen LogP contribution in [0, 0.1) is 17.9 Å². The van der Waals surface area contributed by atoms with E-state index in [-0.39, 0.29) is 0 Å². The summed E-state index contributed by atoms with van der Waals surface area (Å²) in [6, 6.07) is 41.7. The Labute approximate surface area is 247 Å². The quantitative estimate of drug-likeness (QED) is 0.201. The molecule has 1 aromatic heterocycles. The number of anilines is 3. The van der Waals surface area contributed by atoms with Crippen molar-refractivity contribution in [2.45, 2.75) is 9.79 Å². The average Bonchev–Trinajstić information content (AvgIpc) is 3.07. The molecule has 0 spiro atoms. The molecular formula is C35H20N6S. The number of benzene rings is 5. The van der Waals surface area contributed by atoms with Gasteiger partial charge in [0.25, 0.3) is 0 Å². The molecule has 2 heterocycles. The van der Waals surface area contributed by atoms with Gasteiger partial charge in [-0.3, -0.25) is 0 Å². The predicted octanol–water partition coefficient (Wildman–Crippen LogP) is 9.23. The van der Waals surface area contributed by atoms with Gasteiger partial charge in [-0.2, -0.15) is 5.26 Å². The second kappa shape index (κ2) is 10.7. The van der Waals surface area contributed by atoms with E-state index < -0.39 is 0 Å². The average molecular weight is 557 g/mol. The fourth-order valence-electron chi connectivity index (χ4n) is 4.88. The summed E-state index contributed by atoms with van der Waals surface area (Å²) in [7, 11) is 0. The number of hydrogen-bond donors (Lipinski definition) is 0. The van der Waals surface area contributed by atoms with Crippen molar-refractivity contribution in [3.05, 3.63) is 138 Å². The van der Waals surface area contributed by atoms with Gasteiger partial charge in [0, 0.05) is 32.2 Å². The summed E-state index contributed by atoms with van der Waals surface area (Å²) in [5, 5.41) is 9.24. The van der Waals surface area contributed by atoms with Gasteiger partial charge < -0.3 is 4.90 Å². The largest absolute Gasteiger partial charge is 0.308 e. The molecule has 196 valence electrons. The Bertz CT molecular complexity index is 1900. The molecule has 1 aliphatic heterocycles. The topological polar surface area (TPSA) is 70.1 Å². The van der Waals surface area contributed by atoms with E-state index in [4.69, 9.17) is 21.5 Å². The first kappa shape index (κ1) is 25.2. The molecule has 6 aromatic rings. The first-order chi connectivity index (χ1) is 20.7. The van der Waals surface area contributed by atoms with Gasteiger partial charge in [0.2, 0.25) is 0 Å². The number of nitrogens with zero attached hydrogens (tertiary/aromatic N) is 6. The Morgan fingerprint density at radius 1 is 0.595 bits per heavy atom. The number of nitriles is 1. The minimum Gasteiger partial charge on any atom is -0.308 e. The summed E-state index contributed by atoms with van der Waals surface area (Å²) >= 11 is 1.78. The van der Waals surface area contributed by atoms with Crippen LogP contribution in [0.5, 0.6) is 0 Å². The lowest BCUT2D eigenvalue weighted by Gasteiger charge is -2.32. The van der Waals surface area contributed by atoms with Crippen molar-refractivity contribution in [2.75, 3.05) is 4.90 Å². The molecule has 0 saturated carbocycles. The molecular weight excluding hydrogens is 536 g/mol. The van der Waals surface area contributed by atoms with Gasteiger partial charge in [0.05, 0.1) is 29.6 Å². The van der Waals surface area contributed by atoms with Crippen LogP contribution in [0.15, 0.2) is 131 Å². The lowest BCUT2D eigenvalue weighted by molar-refractivity contribution is 1.07. The van der Waals surface area contributed by atoms with E-state index in [0.29, 0.717) is 28.7 Å². The van der Waals surface area contributed by atoms with Crippen LogP contribution in [0.3, 0.4) is 0 Å². The van der Waals surface area contributed by atoms with E-state index in [1.54, 1.807) is 36.0 Å². The van der Waals surface area contributed by atoms with E-state index in [2.05, 4.69) is 76.5 Å². The molecule has 5 aromatic carbocycles. The van der Waals surface area contributed by atoms with E-state index in [1.807, 2.05) is 36.4 Å². The lowest BCUT2D eigenvalue weighted by Crippen LogP contribution is -2.14. The minimum absolute atomic E-state index is 0.508. The third-order valence-electron chi connectivity index (χ3n) is 6.98. The molecule has 0 atom stereocenters. The highest BCUT2D eigenvalue weighted by Crippen LogP contribution is 2.51. The predicted molar refractivity (Wildman–Crippen MR) is 166 cm³/mol. The number of hydrogen-bond acceptors (Lipinski definition) is 6. The Morgan fingerprint density at radius 2 is 1.05 bits per heavy atom. The Kier molecular flexibility index (Phi) is 6.41. The number of para-hydroxylation sites is 2. The minimum atomic E-state index is 0.508. The maximum Gasteiger partial charge on any atom is 0.187 e. The Balaban J connectivity index is 1.32. The molecule has 0 fully saturated rings. The van der Waals surface area contributed by atoms with Crippen molar-refractivity contribution in [1.82, 2.24) is 15.0 Å². The fourth-order valence-corrected chi connectivity index (χ4v) is 5.94. The van der Waals surface area contributed by atoms with Crippen LogP contribution in [-0.4, -0.2) is 15.0 Å². The summed E-state index contributed by atoms with van der Waals surface area (Å²) in [4.78, 5) is 22.6. The van der Waals surface area contributed by atoms with E-state index in [0.717, 1.165) is 33.8 Å². The van der Waals surface area contributed by atoms with Crippen LogP contribution >= 0.6 is 11.8 Å². The first-order valence-corrected chi connectivity index (χ1v) is 14.0. The Morgan fingerprint density at radius 3 is 1.52 bits per heavy atom. The molecule has 0 amide bonds. The van der Waals surface area contributed by atoms with Crippen LogP contribution in [0.4, 0.5) is 22.7 Å². The number of rotatable bonds is 4. The van der Waals surface area contributed by atoms with Gasteiger partial charge >= 0.3 is 0 Å². The zero-order valence-corrected chi connectivity index (χ0v) is 23.0. The molecule has 0 bridgehead atoms. The summed E-state index contributed by atoms with van der Waals surface area (Å²) in [6.07, 6.45) is 0. The maximum absolute atomic E-state index is 9.24. The van der Waals surface area contributed by atoms with Crippen molar-refractivity contribution in [1.29, 1.82) is 5.26 Å². The van der Waals surface area contributed by atoms with Crippen molar-refractivity contribution in [3.8, 4) is 40.2 Å². The highest BCUT2D eigenvalue weighted by atomic mass is 32.2. The van der Waals surface area contributed by atoms with Crippen LogP contribution in [0.25, 0.3) is 39.0 Å². The zero-order valence-electron chi connectivity index (χ0n) is 22.1. The fraction of sp³-hybridized carbons (Fsp3) is 0. The third-order valence-corrected chi connectivity index (χ3v) is 8.11. The van der Waals surface area contributed by atoms with Crippen LogP contribution < -0.4 is 4.90 Å². The lowest BCUT2D eigenvalue weighted by atomic mass is 10.1. The summed E-state index contributed by atoms with van der Waals surface area (Å²) in [5.41, 5.74) is 6.86. The van der Waals surface area contributed by atoms with Gasteiger partial charge in [-0.25, -0.2) is 19.8 Å². The van der Waals surface area contributed by atoms with Crippen LogP contribution in [-0.2, 0) is 0 Å². The van der Waals surface area contributed by atoms with Gasteiger partial charge in [-0.05, 0) is 72.8 Å². The monoisotopic (exact) mass is 556 g/mol. The zero-order chi connectivity index (χ0) is 28.5. The molecule has 0 saturated heterocycles. The maximum atomic E-state index is 9.24. The molecule has 1 aliphatic rings. The van der Waals surface area contributed by atoms with E-state index in [1.165, 1.54) is 9.79 Å². The van der Waals surface area contributed by atoms with E-state index >= 15 is 0 Å². The van der Waals surface area contributed by atoms with Crippen molar-refractivity contribution in [3.63, 3.8) is 0 Å². The molecule has 0 N–H and O–H groups in total. The van der Waals surface area contributed by atoms with Crippen molar-refractivity contribution < 1.29 is 0 Å². The Hall–Kier alpha value is -5.76. The number of fused-ring (bicyclic) bond motifs is 2. The van der Waals surface area contributed by atoms with Gasteiger partial charge in [0.15, 0.2) is 23.2 Å². The third kappa shape index (κ3) is 4.65. The van der Waals surface area contributed by atoms with Gasteiger partial charge in [-0.15, -0.1) is 0 Å². The van der Waals surface area contributed by atoms with Gasteiger partial charge in [-0.1, -0.05) is 60.3 Å². The summed E-state index contributed by atoms with van der Waals surface area (Å²) in [5.74, 6) is 1.56. The second-order valence-electron chi connectivity index (χ2n) is 9.57. The van der Waals surface area contributed by atoms with Crippen molar-refractivity contribution >= 4 is 34.5 Å². The molecule has 6 nitrogen and oxygen atoms in total. The molecule has 0 unspecified atom stereocenters. The highest BCUT2D eigenvalue weighted by molar-refractivity contribution is 7.99. The second-order valence-corrected chi connectivity index (χ2v) is 10.7. The smallest absolute Gasteiger partial charge is 0.187 e. The van der Waals surface area contributed by atoms with E-state index in [9.17, 15) is 5.26 Å². The highest BCUT2D eigenvalue weighted by Gasteiger charge is 2.24. The van der Waals surface area contributed by atoms with Crippen LogP contribution in [0.1, 0.15) is 5.56 Å². The van der Waals surface area contributed by atoms with Crippen molar-refractivity contribution in [2.24, 2.45) is 0 Å².